The Morgan fingerprint density at radius 3 is 2.88 bits per heavy atom. The Bertz CT molecular complexity index is 516. The van der Waals surface area contributed by atoms with Crippen molar-refractivity contribution in [1.29, 1.82) is 0 Å². The molecule has 0 spiro atoms. The van der Waals surface area contributed by atoms with E-state index in [4.69, 9.17) is 11.6 Å². The summed E-state index contributed by atoms with van der Waals surface area (Å²) in [4.78, 5) is 8.08. The van der Waals surface area contributed by atoms with Crippen LogP contribution in [0.15, 0.2) is 35.1 Å². The first kappa shape index (κ1) is 11.4. The monoisotopic (exact) mass is 297 g/mol. The molecule has 0 saturated heterocycles. The van der Waals surface area contributed by atoms with Gasteiger partial charge in [-0.2, -0.15) is 0 Å². The van der Waals surface area contributed by atoms with Gasteiger partial charge in [-0.05, 0) is 24.6 Å². The van der Waals surface area contributed by atoms with Gasteiger partial charge in [0.1, 0.15) is 5.15 Å². The molecule has 0 amide bonds. The Morgan fingerprint density at radius 2 is 2.12 bits per heavy atom. The first-order valence-electron chi connectivity index (χ1n) is 4.66. The van der Waals surface area contributed by atoms with E-state index >= 15 is 0 Å². The minimum Gasteiger partial charge on any atom is -0.339 e. The molecule has 16 heavy (non-hydrogen) atoms. The lowest BCUT2D eigenvalue weighted by molar-refractivity contribution is 1.19. The van der Waals surface area contributed by atoms with Gasteiger partial charge in [-0.1, -0.05) is 33.6 Å². The average Bonchev–Trinajstić information content (AvgIpc) is 2.24. The molecule has 82 valence electrons. The van der Waals surface area contributed by atoms with E-state index in [0.717, 1.165) is 15.7 Å². The van der Waals surface area contributed by atoms with E-state index in [1.54, 1.807) is 6.20 Å². The Balaban J connectivity index is 2.30. The fraction of sp³-hybridized carbons (Fsp3) is 0.0909. The summed E-state index contributed by atoms with van der Waals surface area (Å²) in [5, 5.41) is 3.54. The molecule has 1 heterocycles. The number of anilines is 2. The Labute approximate surface area is 107 Å². The molecule has 0 aliphatic carbocycles. The molecular weight excluding hydrogens is 289 g/mol. The van der Waals surface area contributed by atoms with Gasteiger partial charge < -0.3 is 5.32 Å². The molecule has 0 atom stereocenters. The second-order valence-corrected chi connectivity index (χ2v) is 4.61. The zero-order chi connectivity index (χ0) is 11.5. The zero-order valence-corrected chi connectivity index (χ0v) is 10.9. The van der Waals surface area contributed by atoms with Crippen molar-refractivity contribution < 1.29 is 0 Å². The molecule has 0 fully saturated rings. The average molecular weight is 299 g/mol. The third-order valence-corrected chi connectivity index (χ3v) is 2.74. The van der Waals surface area contributed by atoms with Gasteiger partial charge in [-0.15, -0.1) is 0 Å². The number of hydrogen-bond acceptors (Lipinski definition) is 3. The Kier molecular flexibility index (Phi) is 3.41. The van der Waals surface area contributed by atoms with Crippen molar-refractivity contribution in [3.63, 3.8) is 0 Å². The molecule has 0 radical (unpaired) electrons. The van der Waals surface area contributed by atoms with E-state index in [2.05, 4.69) is 31.2 Å². The number of nitrogens with zero attached hydrogens (tertiary/aromatic N) is 2. The smallest absolute Gasteiger partial charge is 0.150 e. The third kappa shape index (κ3) is 2.71. The van der Waals surface area contributed by atoms with Crippen LogP contribution in [0.2, 0.25) is 5.15 Å². The highest BCUT2D eigenvalue weighted by Crippen LogP contribution is 2.23. The van der Waals surface area contributed by atoms with E-state index in [1.807, 2.05) is 25.1 Å². The van der Waals surface area contributed by atoms with Crippen LogP contribution in [0.3, 0.4) is 0 Å². The van der Waals surface area contributed by atoms with Crippen molar-refractivity contribution in [2.45, 2.75) is 6.92 Å². The SMILES string of the molecule is Cc1ccc(Br)cc1Nc1cncc(Cl)n1. The molecule has 0 aliphatic heterocycles. The molecule has 0 saturated carbocycles. The summed E-state index contributed by atoms with van der Waals surface area (Å²) < 4.78 is 1.01. The van der Waals surface area contributed by atoms with Gasteiger partial charge in [0.2, 0.25) is 0 Å². The summed E-state index contributed by atoms with van der Waals surface area (Å²) >= 11 is 9.18. The van der Waals surface area contributed by atoms with Crippen molar-refractivity contribution in [2.24, 2.45) is 0 Å². The van der Waals surface area contributed by atoms with Crippen molar-refractivity contribution in [1.82, 2.24) is 9.97 Å². The van der Waals surface area contributed by atoms with E-state index in [9.17, 15) is 0 Å². The largest absolute Gasteiger partial charge is 0.339 e. The number of rotatable bonds is 2. The molecule has 1 N–H and O–H groups in total. The first-order valence-corrected chi connectivity index (χ1v) is 5.83. The van der Waals surface area contributed by atoms with Gasteiger partial charge in [-0.3, -0.25) is 4.98 Å². The second kappa shape index (κ2) is 4.80. The summed E-state index contributed by atoms with van der Waals surface area (Å²) in [6, 6.07) is 5.99. The lowest BCUT2D eigenvalue weighted by Crippen LogP contribution is -1.96. The predicted molar refractivity (Wildman–Crippen MR) is 69.2 cm³/mol. The highest BCUT2D eigenvalue weighted by Gasteiger charge is 2.01. The van der Waals surface area contributed by atoms with E-state index < -0.39 is 0 Å². The van der Waals surface area contributed by atoms with Gasteiger partial charge in [0.25, 0.3) is 0 Å². The maximum atomic E-state index is 5.76. The number of aromatic nitrogens is 2. The molecule has 0 bridgehead atoms. The van der Waals surface area contributed by atoms with Crippen molar-refractivity contribution in [3.8, 4) is 0 Å². The highest BCUT2D eigenvalue weighted by atomic mass is 79.9. The van der Waals surface area contributed by atoms with Crippen molar-refractivity contribution >= 4 is 39.0 Å². The lowest BCUT2D eigenvalue weighted by Gasteiger charge is -2.08. The van der Waals surface area contributed by atoms with Crippen LogP contribution in [-0.4, -0.2) is 9.97 Å². The second-order valence-electron chi connectivity index (χ2n) is 3.31. The van der Waals surface area contributed by atoms with Crippen LogP contribution in [0, 0.1) is 6.92 Å². The van der Waals surface area contributed by atoms with Crippen LogP contribution >= 0.6 is 27.5 Å². The van der Waals surface area contributed by atoms with Gasteiger partial charge in [0, 0.05) is 10.2 Å². The molecule has 3 nitrogen and oxygen atoms in total. The number of halogens is 2. The predicted octanol–water partition coefficient (Wildman–Crippen LogP) is 3.94. The fourth-order valence-electron chi connectivity index (χ4n) is 1.27. The van der Waals surface area contributed by atoms with E-state index in [1.165, 1.54) is 6.20 Å². The molecule has 5 heteroatoms. The van der Waals surface area contributed by atoms with Gasteiger partial charge in [-0.25, -0.2) is 4.98 Å². The molecule has 1 aromatic carbocycles. The van der Waals surface area contributed by atoms with Crippen LogP contribution in [0.1, 0.15) is 5.56 Å². The van der Waals surface area contributed by atoms with Crippen molar-refractivity contribution in [2.75, 3.05) is 5.32 Å². The summed E-state index contributed by atoms with van der Waals surface area (Å²) in [5.41, 5.74) is 2.11. The number of nitrogens with one attached hydrogen (secondary N) is 1. The third-order valence-electron chi connectivity index (χ3n) is 2.07. The summed E-state index contributed by atoms with van der Waals surface area (Å²) in [7, 11) is 0. The Hall–Kier alpha value is -1.13. The lowest BCUT2D eigenvalue weighted by atomic mass is 10.2. The summed E-state index contributed by atoms with van der Waals surface area (Å²) in [5.74, 6) is 0.633. The molecule has 1 aromatic heterocycles. The first-order chi connectivity index (χ1) is 7.65. The number of benzene rings is 1. The summed E-state index contributed by atoms with van der Waals surface area (Å²) in [6.45, 7) is 2.02. The van der Waals surface area contributed by atoms with E-state index in [0.29, 0.717) is 11.0 Å². The molecule has 0 unspecified atom stereocenters. The van der Waals surface area contributed by atoms with Crippen LogP contribution in [0.4, 0.5) is 11.5 Å². The summed E-state index contributed by atoms with van der Waals surface area (Å²) in [6.07, 6.45) is 3.13. The van der Waals surface area contributed by atoms with Crippen LogP contribution in [-0.2, 0) is 0 Å². The van der Waals surface area contributed by atoms with Crippen LogP contribution < -0.4 is 5.32 Å². The van der Waals surface area contributed by atoms with Gasteiger partial charge >= 0.3 is 0 Å². The number of hydrogen-bond donors (Lipinski definition) is 1. The van der Waals surface area contributed by atoms with Gasteiger partial charge in [0.15, 0.2) is 5.82 Å². The zero-order valence-electron chi connectivity index (χ0n) is 8.54. The molecule has 2 rings (SSSR count). The quantitative estimate of drug-likeness (QED) is 0.912. The van der Waals surface area contributed by atoms with E-state index in [-0.39, 0.29) is 0 Å². The normalized spacial score (nSPS) is 10.2. The standard InChI is InChI=1S/C11H9BrClN3/c1-7-2-3-8(12)4-9(7)15-11-6-14-5-10(13)16-11/h2-6H,1H3,(H,15,16). The molecule has 2 aromatic rings. The van der Waals surface area contributed by atoms with Gasteiger partial charge in [0.05, 0.1) is 12.4 Å². The topological polar surface area (TPSA) is 37.8 Å². The maximum Gasteiger partial charge on any atom is 0.150 e. The van der Waals surface area contributed by atoms with Crippen LogP contribution in [0.25, 0.3) is 0 Å². The maximum absolute atomic E-state index is 5.76. The van der Waals surface area contributed by atoms with Crippen LogP contribution in [0.5, 0.6) is 0 Å². The van der Waals surface area contributed by atoms with Crippen molar-refractivity contribution in [3.05, 3.63) is 45.8 Å². The molecule has 0 aliphatic rings. The molecular formula is C11H9BrClN3. The minimum atomic E-state index is 0.373. The minimum absolute atomic E-state index is 0.373. The number of aryl methyl sites for hydroxylation is 1. The fourth-order valence-corrected chi connectivity index (χ4v) is 1.78. The highest BCUT2D eigenvalue weighted by molar-refractivity contribution is 9.10. The Morgan fingerprint density at radius 1 is 1.31 bits per heavy atom.